The fraction of sp³-hybridized carbons (Fsp3) is 0.400. The first-order valence-electron chi connectivity index (χ1n) is 7.65. The molecule has 24 heavy (non-hydrogen) atoms. The van der Waals surface area contributed by atoms with Crippen molar-refractivity contribution in [2.24, 2.45) is 0 Å². The molecule has 1 N–H and O–H groups in total. The van der Waals surface area contributed by atoms with E-state index in [1.807, 2.05) is 24.3 Å². The number of rotatable bonds is 5. The van der Waals surface area contributed by atoms with Crippen LogP contribution in [0.1, 0.15) is 18.0 Å². The van der Waals surface area contributed by atoms with Gasteiger partial charge in [-0.1, -0.05) is 6.07 Å². The minimum absolute atomic E-state index is 0.0620. The first-order valence-corrected chi connectivity index (χ1v) is 9.05. The van der Waals surface area contributed by atoms with Gasteiger partial charge in [0.2, 0.25) is 5.95 Å². The zero-order valence-electron chi connectivity index (χ0n) is 13.6. The van der Waals surface area contributed by atoms with Crippen LogP contribution in [0.15, 0.2) is 36.7 Å². The van der Waals surface area contributed by atoms with Crippen molar-refractivity contribution in [1.29, 1.82) is 0 Å². The molecule has 0 aliphatic carbocycles. The molecule has 0 spiro atoms. The van der Waals surface area contributed by atoms with Gasteiger partial charge < -0.3 is 5.32 Å². The number of anilines is 2. The SMILES string of the molecule is CN(C)S(=O)(=O)N1CC[C@@H](c2ccnc(Nc3ccccn3)n2)C1. The molecule has 3 heterocycles. The second-order valence-corrected chi connectivity index (χ2v) is 7.92. The maximum absolute atomic E-state index is 12.2. The molecule has 1 aliphatic heterocycles. The molecule has 1 saturated heterocycles. The molecule has 0 aromatic carbocycles. The Hall–Kier alpha value is -2.10. The Morgan fingerprint density at radius 3 is 2.75 bits per heavy atom. The second-order valence-electron chi connectivity index (χ2n) is 5.78. The van der Waals surface area contributed by atoms with E-state index in [0.29, 0.717) is 24.9 Å². The monoisotopic (exact) mass is 348 g/mol. The Labute approximate surface area is 141 Å². The topological polar surface area (TPSA) is 91.3 Å². The number of nitrogens with one attached hydrogen (secondary N) is 1. The van der Waals surface area contributed by atoms with Crippen molar-refractivity contribution in [2.45, 2.75) is 12.3 Å². The van der Waals surface area contributed by atoms with Crippen molar-refractivity contribution in [2.75, 3.05) is 32.5 Å². The Bertz CT molecular complexity index is 797. The fourth-order valence-electron chi connectivity index (χ4n) is 2.62. The standard InChI is InChI=1S/C15H20N6O2S/c1-20(2)24(22,23)21-10-7-12(11-21)13-6-9-17-15(18-13)19-14-5-3-4-8-16-14/h3-6,8-9,12H,7,10-11H2,1-2H3,(H,16,17,18,19)/t12-/m1/s1. The summed E-state index contributed by atoms with van der Waals surface area (Å²) in [5.74, 6) is 1.19. The van der Waals surface area contributed by atoms with Crippen molar-refractivity contribution >= 4 is 22.0 Å². The summed E-state index contributed by atoms with van der Waals surface area (Å²) < 4.78 is 27.2. The highest BCUT2D eigenvalue weighted by Gasteiger charge is 2.34. The summed E-state index contributed by atoms with van der Waals surface area (Å²) in [6, 6.07) is 7.37. The Morgan fingerprint density at radius 1 is 1.21 bits per heavy atom. The highest BCUT2D eigenvalue weighted by molar-refractivity contribution is 7.86. The number of hydrogen-bond acceptors (Lipinski definition) is 6. The van der Waals surface area contributed by atoms with Gasteiger partial charge in [0, 0.05) is 45.5 Å². The molecule has 0 radical (unpaired) electrons. The van der Waals surface area contributed by atoms with Crippen molar-refractivity contribution < 1.29 is 8.42 Å². The van der Waals surface area contributed by atoms with Gasteiger partial charge in [0.05, 0.1) is 5.69 Å². The molecule has 2 aromatic rings. The third-order valence-corrected chi connectivity index (χ3v) is 5.85. The maximum atomic E-state index is 12.2. The summed E-state index contributed by atoms with van der Waals surface area (Å²) in [6.07, 6.45) is 4.11. The Morgan fingerprint density at radius 2 is 2.04 bits per heavy atom. The summed E-state index contributed by atoms with van der Waals surface area (Å²) in [5, 5.41) is 3.05. The summed E-state index contributed by atoms with van der Waals surface area (Å²) in [5.41, 5.74) is 0.833. The average molecular weight is 348 g/mol. The van der Waals surface area contributed by atoms with Crippen molar-refractivity contribution in [1.82, 2.24) is 23.6 Å². The molecular formula is C15H20N6O2S. The minimum atomic E-state index is -3.38. The van der Waals surface area contributed by atoms with Crippen LogP contribution in [0.4, 0.5) is 11.8 Å². The van der Waals surface area contributed by atoms with Crippen molar-refractivity contribution in [3.63, 3.8) is 0 Å². The largest absolute Gasteiger partial charge is 0.309 e. The smallest absolute Gasteiger partial charge is 0.281 e. The number of hydrogen-bond donors (Lipinski definition) is 1. The summed E-state index contributed by atoms with van der Waals surface area (Å²) >= 11 is 0. The molecule has 0 bridgehead atoms. The van der Waals surface area contributed by atoms with Crippen LogP contribution >= 0.6 is 0 Å². The molecule has 128 valence electrons. The summed E-state index contributed by atoms with van der Waals surface area (Å²) in [7, 11) is -0.291. The normalized spacial score (nSPS) is 18.9. The van der Waals surface area contributed by atoms with Gasteiger partial charge in [-0.15, -0.1) is 0 Å². The molecule has 3 rings (SSSR count). The Kier molecular flexibility index (Phi) is 4.74. The van der Waals surface area contributed by atoms with Crippen LogP contribution in [0.25, 0.3) is 0 Å². The molecular weight excluding hydrogens is 328 g/mol. The number of pyridine rings is 1. The molecule has 1 atom stereocenters. The quantitative estimate of drug-likeness (QED) is 0.873. The van der Waals surface area contributed by atoms with Gasteiger partial charge in [-0.2, -0.15) is 17.0 Å². The van der Waals surface area contributed by atoms with Gasteiger partial charge >= 0.3 is 0 Å². The van der Waals surface area contributed by atoms with Gasteiger partial charge in [0.15, 0.2) is 0 Å². The third-order valence-electron chi connectivity index (χ3n) is 3.94. The van der Waals surface area contributed by atoms with Gasteiger partial charge in [-0.3, -0.25) is 0 Å². The van der Waals surface area contributed by atoms with Crippen LogP contribution in [0.5, 0.6) is 0 Å². The lowest BCUT2D eigenvalue weighted by Crippen LogP contribution is -2.38. The summed E-state index contributed by atoms with van der Waals surface area (Å²) in [4.78, 5) is 12.9. The first kappa shape index (κ1) is 16.7. The van der Waals surface area contributed by atoms with E-state index in [4.69, 9.17) is 0 Å². The lowest BCUT2D eigenvalue weighted by Gasteiger charge is -2.20. The zero-order valence-corrected chi connectivity index (χ0v) is 14.4. The predicted molar refractivity (Wildman–Crippen MR) is 91.1 cm³/mol. The predicted octanol–water partition coefficient (Wildman–Crippen LogP) is 1.21. The first-order chi connectivity index (χ1) is 11.5. The fourth-order valence-corrected chi connectivity index (χ4v) is 3.79. The van der Waals surface area contributed by atoms with E-state index >= 15 is 0 Å². The van der Waals surface area contributed by atoms with Crippen LogP contribution < -0.4 is 5.32 Å². The molecule has 9 heteroatoms. The molecule has 0 unspecified atom stereocenters. The van der Waals surface area contributed by atoms with Gasteiger partial charge in [0.1, 0.15) is 5.82 Å². The van der Waals surface area contributed by atoms with E-state index in [0.717, 1.165) is 12.1 Å². The van der Waals surface area contributed by atoms with Gasteiger partial charge in [0.25, 0.3) is 10.2 Å². The highest BCUT2D eigenvalue weighted by atomic mass is 32.2. The summed E-state index contributed by atoms with van der Waals surface area (Å²) in [6.45, 7) is 0.929. The molecule has 8 nitrogen and oxygen atoms in total. The number of nitrogens with zero attached hydrogens (tertiary/aromatic N) is 5. The Balaban J connectivity index is 1.73. The van der Waals surface area contributed by atoms with Gasteiger partial charge in [-0.25, -0.2) is 15.0 Å². The van der Waals surface area contributed by atoms with E-state index in [1.165, 1.54) is 8.61 Å². The van der Waals surface area contributed by atoms with Crippen LogP contribution in [-0.4, -0.2) is 59.2 Å². The van der Waals surface area contributed by atoms with Crippen molar-refractivity contribution in [3.05, 3.63) is 42.4 Å². The number of aromatic nitrogens is 3. The van der Waals surface area contributed by atoms with Crippen LogP contribution in [-0.2, 0) is 10.2 Å². The lowest BCUT2D eigenvalue weighted by atomic mass is 10.1. The van der Waals surface area contributed by atoms with Crippen LogP contribution in [0.2, 0.25) is 0 Å². The highest BCUT2D eigenvalue weighted by Crippen LogP contribution is 2.28. The van der Waals surface area contributed by atoms with Crippen molar-refractivity contribution in [3.8, 4) is 0 Å². The second kappa shape index (κ2) is 6.80. The van der Waals surface area contributed by atoms with E-state index in [9.17, 15) is 8.42 Å². The molecule has 1 aliphatic rings. The van der Waals surface area contributed by atoms with Gasteiger partial charge in [-0.05, 0) is 24.6 Å². The van der Waals surface area contributed by atoms with E-state index in [1.54, 1.807) is 26.5 Å². The molecule has 2 aromatic heterocycles. The average Bonchev–Trinajstić information content (AvgIpc) is 3.07. The molecule has 1 fully saturated rings. The third kappa shape index (κ3) is 3.53. The van der Waals surface area contributed by atoms with Crippen LogP contribution in [0, 0.1) is 0 Å². The van der Waals surface area contributed by atoms with E-state index in [-0.39, 0.29) is 5.92 Å². The minimum Gasteiger partial charge on any atom is -0.309 e. The van der Waals surface area contributed by atoms with Crippen LogP contribution in [0.3, 0.4) is 0 Å². The maximum Gasteiger partial charge on any atom is 0.281 e. The van der Waals surface area contributed by atoms with E-state index < -0.39 is 10.2 Å². The van der Waals surface area contributed by atoms with E-state index in [2.05, 4.69) is 20.3 Å². The lowest BCUT2D eigenvalue weighted by molar-refractivity contribution is 0.418. The zero-order chi connectivity index (χ0) is 17.2. The molecule has 0 amide bonds. The molecule has 0 saturated carbocycles.